The number of hydrogen-bond acceptors (Lipinski definition) is 5. The topological polar surface area (TPSA) is 82.2 Å². The van der Waals surface area contributed by atoms with Crippen molar-refractivity contribution in [2.45, 2.75) is 50.7 Å². The molecule has 1 aromatic heterocycles. The number of halogens is 1. The fourth-order valence-corrected chi connectivity index (χ4v) is 3.76. The Labute approximate surface area is 180 Å². The van der Waals surface area contributed by atoms with Crippen molar-refractivity contribution in [2.24, 2.45) is 0 Å². The molecule has 2 amide bonds. The van der Waals surface area contributed by atoms with Gasteiger partial charge in [0.25, 0.3) is 0 Å². The van der Waals surface area contributed by atoms with E-state index in [0.29, 0.717) is 12.0 Å². The van der Waals surface area contributed by atoms with Crippen LogP contribution < -0.4 is 20.9 Å². The summed E-state index contributed by atoms with van der Waals surface area (Å²) < 4.78 is 1.03. The standard InChI is InChI=1S/C21H29BrN6O/c1-14(15-4-6-16(22)7-5-15)24-21(29)26-18-10-8-17(9-11-18)25-20-23-13-12-19(27-20)28(2)3/h4-7,12-14,17-18H,8-11H2,1-3H3,(H,23,25,27)(H2,24,26,29)/t14?,17-,18+. The summed E-state index contributed by atoms with van der Waals surface area (Å²) in [6, 6.07) is 10.3. The van der Waals surface area contributed by atoms with Crippen LogP contribution in [0.4, 0.5) is 16.6 Å². The molecule has 7 nitrogen and oxygen atoms in total. The van der Waals surface area contributed by atoms with E-state index < -0.39 is 0 Å². The van der Waals surface area contributed by atoms with Crippen molar-refractivity contribution in [1.82, 2.24) is 20.6 Å². The average Bonchev–Trinajstić information content (AvgIpc) is 2.70. The van der Waals surface area contributed by atoms with E-state index >= 15 is 0 Å². The number of rotatable bonds is 6. The number of hydrogen-bond donors (Lipinski definition) is 3. The predicted molar refractivity (Wildman–Crippen MR) is 120 cm³/mol. The minimum atomic E-state index is -0.112. The molecule has 1 saturated carbocycles. The Balaban J connectivity index is 1.43. The Kier molecular flexibility index (Phi) is 7.30. The minimum Gasteiger partial charge on any atom is -0.363 e. The Bertz CT molecular complexity index is 805. The maximum absolute atomic E-state index is 12.4. The molecular weight excluding hydrogens is 432 g/mol. The van der Waals surface area contributed by atoms with E-state index in [1.807, 2.05) is 56.3 Å². The Hall–Kier alpha value is -2.35. The SMILES string of the molecule is CC(NC(=O)N[C@H]1CC[C@@H](Nc2nccc(N(C)C)n2)CC1)c1ccc(Br)cc1. The van der Waals surface area contributed by atoms with Gasteiger partial charge in [-0.2, -0.15) is 4.98 Å². The Morgan fingerprint density at radius 3 is 2.41 bits per heavy atom. The molecule has 0 radical (unpaired) electrons. The molecule has 1 atom stereocenters. The fourth-order valence-electron chi connectivity index (χ4n) is 3.49. The second kappa shape index (κ2) is 9.91. The summed E-state index contributed by atoms with van der Waals surface area (Å²) in [7, 11) is 3.93. The number of amides is 2. The minimum absolute atomic E-state index is 0.0396. The summed E-state index contributed by atoms with van der Waals surface area (Å²) in [6.45, 7) is 1.99. The molecule has 8 heteroatoms. The normalized spacial score (nSPS) is 19.9. The summed E-state index contributed by atoms with van der Waals surface area (Å²) in [4.78, 5) is 23.2. The highest BCUT2D eigenvalue weighted by Crippen LogP contribution is 2.22. The van der Waals surface area contributed by atoms with E-state index in [9.17, 15) is 4.79 Å². The van der Waals surface area contributed by atoms with Gasteiger partial charge < -0.3 is 20.9 Å². The number of carbonyl (C=O) groups excluding carboxylic acids is 1. The van der Waals surface area contributed by atoms with E-state index in [2.05, 4.69) is 41.8 Å². The summed E-state index contributed by atoms with van der Waals surface area (Å²) in [6.07, 6.45) is 5.59. The van der Waals surface area contributed by atoms with Crippen molar-refractivity contribution in [2.75, 3.05) is 24.3 Å². The molecule has 1 heterocycles. The fraction of sp³-hybridized carbons (Fsp3) is 0.476. The first-order chi connectivity index (χ1) is 13.9. The van der Waals surface area contributed by atoms with Crippen LogP contribution >= 0.6 is 15.9 Å². The molecule has 1 aliphatic carbocycles. The first-order valence-electron chi connectivity index (χ1n) is 10.00. The van der Waals surface area contributed by atoms with E-state index in [-0.39, 0.29) is 18.1 Å². The van der Waals surface area contributed by atoms with Crippen LogP contribution in [0.15, 0.2) is 41.0 Å². The van der Waals surface area contributed by atoms with Gasteiger partial charge in [-0.25, -0.2) is 9.78 Å². The molecule has 1 aromatic carbocycles. The molecule has 0 saturated heterocycles. The molecule has 0 spiro atoms. The number of carbonyl (C=O) groups is 1. The average molecular weight is 461 g/mol. The number of aromatic nitrogens is 2. The first-order valence-corrected chi connectivity index (χ1v) is 10.8. The molecule has 2 aromatic rings. The van der Waals surface area contributed by atoms with Gasteiger partial charge in [0, 0.05) is 36.8 Å². The van der Waals surface area contributed by atoms with Gasteiger partial charge in [-0.1, -0.05) is 28.1 Å². The summed E-state index contributed by atoms with van der Waals surface area (Å²) in [5, 5.41) is 9.57. The first kappa shape index (κ1) is 21.4. The lowest BCUT2D eigenvalue weighted by Crippen LogP contribution is -2.45. The van der Waals surface area contributed by atoms with E-state index in [1.54, 1.807) is 6.20 Å². The van der Waals surface area contributed by atoms with Crippen LogP contribution in [0, 0.1) is 0 Å². The monoisotopic (exact) mass is 460 g/mol. The van der Waals surface area contributed by atoms with E-state index in [0.717, 1.165) is 41.5 Å². The highest BCUT2D eigenvalue weighted by molar-refractivity contribution is 9.10. The van der Waals surface area contributed by atoms with Crippen LogP contribution in [0.25, 0.3) is 0 Å². The van der Waals surface area contributed by atoms with E-state index in [1.165, 1.54) is 0 Å². The third-order valence-corrected chi connectivity index (χ3v) is 5.74. The molecule has 3 N–H and O–H groups in total. The highest BCUT2D eigenvalue weighted by Gasteiger charge is 2.23. The number of nitrogens with zero attached hydrogens (tertiary/aromatic N) is 3. The second-order valence-corrected chi connectivity index (χ2v) is 8.63. The summed E-state index contributed by atoms with van der Waals surface area (Å²) in [5.74, 6) is 1.54. The van der Waals surface area contributed by atoms with Crippen molar-refractivity contribution >= 4 is 33.7 Å². The third kappa shape index (κ3) is 6.32. The number of urea groups is 1. The van der Waals surface area contributed by atoms with Crippen molar-refractivity contribution in [3.05, 3.63) is 46.6 Å². The molecule has 1 fully saturated rings. The van der Waals surface area contributed by atoms with E-state index in [4.69, 9.17) is 0 Å². The molecule has 156 valence electrons. The van der Waals surface area contributed by atoms with Crippen molar-refractivity contribution in [3.8, 4) is 0 Å². The van der Waals surface area contributed by atoms with Crippen LogP contribution in [-0.2, 0) is 0 Å². The summed E-state index contributed by atoms with van der Waals surface area (Å²) in [5.41, 5.74) is 1.08. The Morgan fingerprint density at radius 2 is 1.76 bits per heavy atom. The highest BCUT2D eigenvalue weighted by atomic mass is 79.9. The number of anilines is 2. The maximum atomic E-state index is 12.4. The van der Waals surface area contributed by atoms with Crippen LogP contribution in [0.2, 0.25) is 0 Å². The molecule has 1 aliphatic rings. The number of benzene rings is 1. The molecule has 0 aliphatic heterocycles. The lowest BCUT2D eigenvalue weighted by molar-refractivity contribution is 0.229. The molecule has 3 rings (SSSR count). The zero-order valence-corrected chi connectivity index (χ0v) is 18.7. The van der Waals surface area contributed by atoms with Crippen LogP contribution in [-0.4, -0.2) is 42.2 Å². The van der Waals surface area contributed by atoms with Gasteiger partial charge in [-0.15, -0.1) is 0 Å². The van der Waals surface area contributed by atoms with Gasteiger partial charge in [0.05, 0.1) is 6.04 Å². The maximum Gasteiger partial charge on any atom is 0.315 e. The third-order valence-electron chi connectivity index (χ3n) is 5.21. The lowest BCUT2D eigenvalue weighted by atomic mass is 9.91. The molecular formula is C21H29BrN6O. The van der Waals surface area contributed by atoms with Gasteiger partial charge in [0.1, 0.15) is 5.82 Å². The summed E-state index contributed by atoms with van der Waals surface area (Å²) >= 11 is 3.43. The van der Waals surface area contributed by atoms with Crippen molar-refractivity contribution in [1.29, 1.82) is 0 Å². The largest absolute Gasteiger partial charge is 0.363 e. The van der Waals surface area contributed by atoms with Gasteiger partial charge in [0.2, 0.25) is 5.95 Å². The zero-order valence-electron chi connectivity index (χ0n) is 17.2. The lowest BCUT2D eigenvalue weighted by Gasteiger charge is -2.30. The number of nitrogens with one attached hydrogen (secondary N) is 3. The van der Waals surface area contributed by atoms with Crippen LogP contribution in [0.1, 0.15) is 44.2 Å². The van der Waals surface area contributed by atoms with Gasteiger partial charge >= 0.3 is 6.03 Å². The zero-order chi connectivity index (χ0) is 20.8. The molecule has 1 unspecified atom stereocenters. The second-order valence-electron chi connectivity index (χ2n) is 7.72. The van der Waals surface area contributed by atoms with Crippen LogP contribution in [0.3, 0.4) is 0 Å². The van der Waals surface area contributed by atoms with Gasteiger partial charge in [-0.3, -0.25) is 0 Å². The van der Waals surface area contributed by atoms with Crippen molar-refractivity contribution in [3.63, 3.8) is 0 Å². The smallest absolute Gasteiger partial charge is 0.315 e. The molecule has 0 bridgehead atoms. The van der Waals surface area contributed by atoms with Gasteiger partial charge in [0.15, 0.2) is 0 Å². The van der Waals surface area contributed by atoms with Gasteiger partial charge in [-0.05, 0) is 56.4 Å². The van der Waals surface area contributed by atoms with Crippen LogP contribution in [0.5, 0.6) is 0 Å². The Morgan fingerprint density at radius 1 is 1.10 bits per heavy atom. The quantitative estimate of drug-likeness (QED) is 0.604. The van der Waals surface area contributed by atoms with Crippen molar-refractivity contribution < 1.29 is 4.79 Å². The predicted octanol–water partition coefficient (Wildman–Crippen LogP) is 4.09. The molecule has 29 heavy (non-hydrogen) atoms.